The van der Waals surface area contributed by atoms with E-state index in [2.05, 4.69) is 15.3 Å². The van der Waals surface area contributed by atoms with Crippen molar-refractivity contribution in [2.24, 2.45) is 10.7 Å². The number of anilines is 1. The van der Waals surface area contributed by atoms with E-state index in [1.165, 1.54) is 5.56 Å². The highest BCUT2D eigenvalue weighted by molar-refractivity contribution is 5.92. The van der Waals surface area contributed by atoms with Crippen molar-refractivity contribution in [3.8, 4) is 0 Å². The number of hydrogen-bond acceptors (Lipinski definition) is 2. The van der Waals surface area contributed by atoms with Crippen LogP contribution < -0.4 is 16.7 Å². The topological polar surface area (TPSA) is 88.2 Å². The standard InChI is InChI=1S/C17H19N5O/c1-12-6-8-13(9-7-12)20-16(18)19-10-11-22-15-5-3-2-4-14(15)21-17(22)23/h2-9H,10-11H2,1H3,(H,21,23)(H3,18,19,20). The quantitative estimate of drug-likeness (QED) is 0.509. The van der Waals surface area contributed by atoms with Crippen molar-refractivity contribution in [2.45, 2.75) is 13.5 Å². The number of aromatic nitrogens is 2. The molecule has 1 aromatic heterocycles. The predicted molar refractivity (Wildman–Crippen MR) is 93.8 cm³/mol. The number of imidazole rings is 1. The summed E-state index contributed by atoms with van der Waals surface area (Å²) in [6.45, 7) is 2.92. The molecular formula is C17H19N5O. The summed E-state index contributed by atoms with van der Waals surface area (Å²) in [7, 11) is 0. The molecule has 0 radical (unpaired) electrons. The van der Waals surface area contributed by atoms with Gasteiger partial charge in [-0.05, 0) is 31.2 Å². The van der Waals surface area contributed by atoms with E-state index < -0.39 is 0 Å². The Morgan fingerprint density at radius 2 is 1.96 bits per heavy atom. The molecule has 3 aromatic rings. The van der Waals surface area contributed by atoms with Crippen molar-refractivity contribution < 1.29 is 0 Å². The highest BCUT2D eigenvalue weighted by Crippen LogP contribution is 2.09. The molecule has 0 amide bonds. The molecule has 2 aromatic carbocycles. The molecule has 23 heavy (non-hydrogen) atoms. The Kier molecular flexibility index (Phi) is 4.14. The first-order valence-corrected chi connectivity index (χ1v) is 7.44. The van der Waals surface area contributed by atoms with Crippen LogP contribution in [-0.4, -0.2) is 22.1 Å². The summed E-state index contributed by atoms with van der Waals surface area (Å²) < 4.78 is 1.66. The minimum atomic E-state index is -0.133. The number of guanidine groups is 1. The molecule has 118 valence electrons. The Labute approximate surface area is 133 Å². The van der Waals surface area contributed by atoms with Gasteiger partial charge in [0.05, 0.1) is 17.6 Å². The van der Waals surface area contributed by atoms with Crippen LogP contribution >= 0.6 is 0 Å². The zero-order valence-electron chi connectivity index (χ0n) is 12.9. The molecular weight excluding hydrogens is 290 g/mol. The van der Waals surface area contributed by atoms with Crippen LogP contribution in [0.1, 0.15) is 5.56 Å². The van der Waals surface area contributed by atoms with Gasteiger partial charge in [0, 0.05) is 12.2 Å². The molecule has 0 aliphatic heterocycles. The minimum Gasteiger partial charge on any atom is -0.370 e. The normalized spacial score (nSPS) is 11.8. The second-order valence-electron chi connectivity index (χ2n) is 5.36. The lowest BCUT2D eigenvalue weighted by molar-refractivity contribution is 0.703. The maximum absolute atomic E-state index is 11.9. The maximum atomic E-state index is 11.9. The zero-order valence-corrected chi connectivity index (χ0v) is 12.9. The third-order valence-corrected chi connectivity index (χ3v) is 3.61. The van der Waals surface area contributed by atoms with Gasteiger partial charge in [0.15, 0.2) is 5.96 Å². The Balaban J connectivity index is 1.66. The Hall–Kier alpha value is -3.02. The van der Waals surface area contributed by atoms with E-state index in [1.807, 2.05) is 55.5 Å². The molecule has 6 heteroatoms. The van der Waals surface area contributed by atoms with Crippen LogP contribution in [0.3, 0.4) is 0 Å². The van der Waals surface area contributed by atoms with Crippen LogP contribution in [0.4, 0.5) is 5.69 Å². The molecule has 4 N–H and O–H groups in total. The van der Waals surface area contributed by atoms with Crippen LogP contribution in [-0.2, 0) is 6.54 Å². The van der Waals surface area contributed by atoms with Gasteiger partial charge in [0.1, 0.15) is 0 Å². The summed E-state index contributed by atoms with van der Waals surface area (Å²) in [6, 6.07) is 15.5. The number of H-pyrrole nitrogens is 1. The van der Waals surface area contributed by atoms with Gasteiger partial charge < -0.3 is 16.0 Å². The number of para-hydroxylation sites is 2. The molecule has 0 unspecified atom stereocenters. The first-order valence-electron chi connectivity index (χ1n) is 7.44. The first-order chi connectivity index (χ1) is 11.1. The van der Waals surface area contributed by atoms with E-state index >= 15 is 0 Å². The zero-order chi connectivity index (χ0) is 16.2. The highest BCUT2D eigenvalue weighted by Gasteiger charge is 2.04. The molecule has 0 atom stereocenters. The average Bonchev–Trinajstić information content (AvgIpc) is 2.86. The lowest BCUT2D eigenvalue weighted by Crippen LogP contribution is -2.24. The molecule has 0 saturated heterocycles. The monoisotopic (exact) mass is 309 g/mol. The van der Waals surface area contributed by atoms with Gasteiger partial charge in [-0.25, -0.2) is 4.79 Å². The third kappa shape index (κ3) is 3.42. The molecule has 0 aliphatic carbocycles. The fourth-order valence-corrected chi connectivity index (χ4v) is 2.42. The van der Waals surface area contributed by atoms with Crippen LogP contribution in [0.2, 0.25) is 0 Å². The number of hydrogen-bond donors (Lipinski definition) is 3. The second-order valence-corrected chi connectivity index (χ2v) is 5.36. The third-order valence-electron chi connectivity index (χ3n) is 3.61. The number of nitrogens with two attached hydrogens (primary N) is 1. The molecule has 0 fully saturated rings. The Morgan fingerprint density at radius 1 is 1.22 bits per heavy atom. The molecule has 0 saturated carbocycles. The van der Waals surface area contributed by atoms with Gasteiger partial charge in [0.2, 0.25) is 0 Å². The van der Waals surface area contributed by atoms with Crippen molar-refractivity contribution >= 4 is 22.7 Å². The van der Waals surface area contributed by atoms with Gasteiger partial charge >= 0.3 is 5.69 Å². The Bertz CT molecular complexity index is 889. The van der Waals surface area contributed by atoms with E-state index in [0.717, 1.165) is 16.7 Å². The summed E-state index contributed by atoms with van der Waals surface area (Å²) in [6.07, 6.45) is 0. The van der Waals surface area contributed by atoms with E-state index in [-0.39, 0.29) is 5.69 Å². The summed E-state index contributed by atoms with van der Waals surface area (Å²) in [5, 5.41) is 3.03. The summed E-state index contributed by atoms with van der Waals surface area (Å²) in [5.41, 5.74) is 9.52. The number of fused-ring (bicyclic) bond motifs is 1. The number of aliphatic imine (C=N–C) groups is 1. The van der Waals surface area contributed by atoms with E-state index in [9.17, 15) is 4.79 Å². The van der Waals surface area contributed by atoms with E-state index in [1.54, 1.807) is 4.57 Å². The van der Waals surface area contributed by atoms with Crippen molar-refractivity contribution in [1.82, 2.24) is 9.55 Å². The molecule has 1 heterocycles. The maximum Gasteiger partial charge on any atom is 0.326 e. The van der Waals surface area contributed by atoms with Gasteiger partial charge in [0.25, 0.3) is 0 Å². The summed E-state index contributed by atoms with van der Waals surface area (Å²) in [4.78, 5) is 19.0. The van der Waals surface area contributed by atoms with Crippen LogP contribution in [0.15, 0.2) is 58.3 Å². The lowest BCUT2D eigenvalue weighted by atomic mass is 10.2. The van der Waals surface area contributed by atoms with E-state index in [4.69, 9.17) is 5.73 Å². The Morgan fingerprint density at radius 3 is 2.74 bits per heavy atom. The lowest BCUT2D eigenvalue weighted by Gasteiger charge is -2.06. The summed E-state index contributed by atoms with van der Waals surface area (Å²) in [5.74, 6) is 0.335. The van der Waals surface area contributed by atoms with Crippen molar-refractivity contribution in [1.29, 1.82) is 0 Å². The average molecular weight is 309 g/mol. The van der Waals surface area contributed by atoms with Crippen LogP contribution in [0.5, 0.6) is 0 Å². The van der Waals surface area contributed by atoms with Gasteiger partial charge in [-0.15, -0.1) is 0 Å². The van der Waals surface area contributed by atoms with Crippen molar-refractivity contribution in [2.75, 3.05) is 11.9 Å². The molecule has 0 aliphatic rings. The second kappa shape index (κ2) is 6.39. The number of benzene rings is 2. The number of nitrogens with one attached hydrogen (secondary N) is 2. The molecule has 6 nitrogen and oxygen atoms in total. The summed E-state index contributed by atoms with van der Waals surface area (Å²) >= 11 is 0. The van der Waals surface area contributed by atoms with Crippen molar-refractivity contribution in [3.05, 3.63) is 64.6 Å². The number of aryl methyl sites for hydroxylation is 1. The first kappa shape index (κ1) is 14.9. The number of nitrogens with zero attached hydrogens (tertiary/aromatic N) is 2. The fraction of sp³-hybridized carbons (Fsp3) is 0.176. The number of aromatic amines is 1. The molecule has 0 spiro atoms. The van der Waals surface area contributed by atoms with Gasteiger partial charge in [-0.1, -0.05) is 29.8 Å². The van der Waals surface area contributed by atoms with Gasteiger partial charge in [-0.2, -0.15) is 0 Å². The molecule has 3 rings (SSSR count). The highest BCUT2D eigenvalue weighted by atomic mass is 16.1. The van der Waals surface area contributed by atoms with E-state index in [0.29, 0.717) is 19.0 Å². The van der Waals surface area contributed by atoms with Crippen LogP contribution in [0, 0.1) is 6.92 Å². The largest absolute Gasteiger partial charge is 0.370 e. The smallest absolute Gasteiger partial charge is 0.326 e. The van der Waals surface area contributed by atoms with Gasteiger partial charge in [-0.3, -0.25) is 9.56 Å². The number of rotatable bonds is 4. The molecule has 0 bridgehead atoms. The SMILES string of the molecule is Cc1ccc(NC(N)=NCCn2c(=O)[nH]c3ccccc32)cc1. The predicted octanol–water partition coefficient (Wildman–Crippen LogP) is 2.06. The van der Waals surface area contributed by atoms with Crippen LogP contribution in [0.25, 0.3) is 11.0 Å². The van der Waals surface area contributed by atoms with Crippen molar-refractivity contribution in [3.63, 3.8) is 0 Å². The minimum absolute atomic E-state index is 0.133. The fourth-order valence-electron chi connectivity index (χ4n) is 2.42.